The molecule has 3 nitrogen and oxygen atoms in total. The monoisotopic (exact) mass is 356 g/mol. The molecular weight excluding hydrogens is 339 g/mol. The molecule has 0 amide bonds. The number of hydrogen-bond donors (Lipinski definition) is 0. The van der Waals surface area contributed by atoms with Crippen molar-refractivity contribution >= 4 is 23.1 Å². The number of anilines is 1. The fraction of sp³-hybridized carbons (Fsp3) is 0.250. The van der Waals surface area contributed by atoms with Gasteiger partial charge in [-0.2, -0.15) is 0 Å². The van der Waals surface area contributed by atoms with Crippen molar-refractivity contribution in [1.82, 2.24) is 4.90 Å². The SMILES string of the molecule is O=C1C(=CN2CCN(c3ccc(F)cc3)CC2)Cc2c(Cl)cccc21. The Labute approximate surface area is 151 Å². The molecule has 2 aliphatic rings. The first-order valence-electron chi connectivity index (χ1n) is 8.39. The van der Waals surface area contributed by atoms with E-state index in [1.54, 1.807) is 0 Å². The van der Waals surface area contributed by atoms with Gasteiger partial charge in [0.15, 0.2) is 5.78 Å². The second kappa shape index (κ2) is 6.52. The lowest BCUT2D eigenvalue weighted by Crippen LogP contribution is -2.44. The molecule has 0 N–H and O–H groups in total. The van der Waals surface area contributed by atoms with Gasteiger partial charge >= 0.3 is 0 Å². The van der Waals surface area contributed by atoms with E-state index in [1.165, 1.54) is 12.1 Å². The number of rotatable bonds is 2. The van der Waals surface area contributed by atoms with Gasteiger partial charge in [0.2, 0.25) is 0 Å². The summed E-state index contributed by atoms with van der Waals surface area (Å²) in [4.78, 5) is 17.0. The quantitative estimate of drug-likeness (QED) is 0.762. The Balaban J connectivity index is 1.44. The van der Waals surface area contributed by atoms with Crippen LogP contribution in [0.5, 0.6) is 0 Å². The lowest BCUT2D eigenvalue weighted by atomic mass is 10.1. The minimum Gasteiger partial charge on any atom is -0.373 e. The third kappa shape index (κ3) is 3.14. The molecule has 1 aliphatic heterocycles. The van der Waals surface area contributed by atoms with Crippen LogP contribution < -0.4 is 4.90 Å². The van der Waals surface area contributed by atoms with Gasteiger partial charge in [-0.25, -0.2) is 4.39 Å². The molecule has 2 aromatic carbocycles. The van der Waals surface area contributed by atoms with E-state index in [1.807, 2.05) is 36.5 Å². The van der Waals surface area contributed by atoms with Crippen LogP contribution in [0.2, 0.25) is 5.02 Å². The zero-order valence-corrected chi connectivity index (χ0v) is 14.5. The van der Waals surface area contributed by atoms with E-state index in [0.29, 0.717) is 11.4 Å². The van der Waals surface area contributed by atoms with E-state index in [4.69, 9.17) is 11.6 Å². The second-order valence-corrected chi connectivity index (χ2v) is 6.83. The minimum absolute atomic E-state index is 0.0819. The van der Waals surface area contributed by atoms with Crippen LogP contribution in [0, 0.1) is 5.82 Å². The number of carbonyl (C=O) groups excluding carboxylic acids is 1. The van der Waals surface area contributed by atoms with Crippen LogP contribution in [0.3, 0.4) is 0 Å². The first-order valence-corrected chi connectivity index (χ1v) is 8.77. The van der Waals surface area contributed by atoms with Crippen LogP contribution in [0.15, 0.2) is 54.2 Å². The molecule has 0 bridgehead atoms. The van der Waals surface area contributed by atoms with Crippen LogP contribution in [-0.2, 0) is 6.42 Å². The van der Waals surface area contributed by atoms with Crippen molar-refractivity contribution in [3.05, 3.63) is 76.2 Å². The number of benzene rings is 2. The average Bonchev–Trinajstić information content (AvgIpc) is 2.94. The van der Waals surface area contributed by atoms with Gasteiger partial charge in [0.05, 0.1) is 0 Å². The summed E-state index contributed by atoms with van der Waals surface area (Å²) in [5.74, 6) is -0.136. The Hall–Kier alpha value is -2.33. The van der Waals surface area contributed by atoms with Gasteiger partial charge in [0, 0.05) is 60.6 Å². The molecule has 0 atom stereocenters. The Morgan fingerprint density at radius 2 is 1.72 bits per heavy atom. The van der Waals surface area contributed by atoms with Gasteiger partial charge in [0.1, 0.15) is 5.82 Å². The van der Waals surface area contributed by atoms with Crippen molar-refractivity contribution in [2.45, 2.75) is 6.42 Å². The summed E-state index contributed by atoms with van der Waals surface area (Å²) in [6.07, 6.45) is 2.59. The van der Waals surface area contributed by atoms with E-state index in [0.717, 1.165) is 48.6 Å². The minimum atomic E-state index is -0.218. The molecule has 0 aromatic heterocycles. The molecule has 25 heavy (non-hydrogen) atoms. The van der Waals surface area contributed by atoms with Crippen molar-refractivity contribution in [3.63, 3.8) is 0 Å². The molecule has 2 aromatic rings. The summed E-state index contributed by atoms with van der Waals surface area (Å²) in [6, 6.07) is 12.1. The molecule has 1 fully saturated rings. The normalized spacial score (nSPS) is 18.8. The maximum atomic E-state index is 13.0. The van der Waals surface area contributed by atoms with Crippen LogP contribution in [0.1, 0.15) is 15.9 Å². The van der Waals surface area contributed by atoms with Gasteiger partial charge in [-0.15, -0.1) is 0 Å². The van der Waals surface area contributed by atoms with Crippen LogP contribution in [-0.4, -0.2) is 36.9 Å². The largest absolute Gasteiger partial charge is 0.373 e. The maximum Gasteiger partial charge on any atom is 0.191 e. The van der Waals surface area contributed by atoms with Crippen molar-refractivity contribution in [3.8, 4) is 0 Å². The summed E-state index contributed by atoms with van der Waals surface area (Å²) >= 11 is 6.21. The topological polar surface area (TPSA) is 23.6 Å². The number of hydrogen-bond acceptors (Lipinski definition) is 3. The highest BCUT2D eigenvalue weighted by atomic mass is 35.5. The molecule has 1 saturated heterocycles. The lowest BCUT2D eigenvalue weighted by molar-refractivity contribution is 0.103. The Kier molecular flexibility index (Phi) is 4.22. The highest BCUT2D eigenvalue weighted by Gasteiger charge is 2.27. The molecular formula is C20H18ClFN2O. The number of nitrogens with zero attached hydrogens (tertiary/aromatic N) is 2. The van der Waals surface area contributed by atoms with Crippen molar-refractivity contribution in [1.29, 1.82) is 0 Å². The number of fused-ring (bicyclic) bond motifs is 1. The molecule has 128 valence electrons. The van der Waals surface area contributed by atoms with Crippen molar-refractivity contribution in [2.24, 2.45) is 0 Å². The number of allylic oxidation sites excluding steroid dienone is 1. The molecule has 5 heteroatoms. The Morgan fingerprint density at radius 1 is 1.00 bits per heavy atom. The number of Topliss-reactive ketones (excluding diaryl/α,β-unsaturated/α-hetero) is 1. The second-order valence-electron chi connectivity index (χ2n) is 6.43. The van der Waals surface area contributed by atoms with E-state index < -0.39 is 0 Å². The Morgan fingerprint density at radius 3 is 2.40 bits per heavy atom. The van der Waals surface area contributed by atoms with Gasteiger partial charge in [-0.05, 0) is 35.9 Å². The van der Waals surface area contributed by atoms with Crippen LogP contribution in [0.25, 0.3) is 0 Å². The summed E-state index contributed by atoms with van der Waals surface area (Å²) in [5.41, 5.74) is 3.50. The molecule has 1 aliphatic carbocycles. The van der Waals surface area contributed by atoms with Gasteiger partial charge in [-0.3, -0.25) is 4.79 Å². The van der Waals surface area contributed by atoms with Crippen LogP contribution >= 0.6 is 11.6 Å². The zero-order chi connectivity index (χ0) is 17.4. The summed E-state index contributed by atoms with van der Waals surface area (Å²) in [7, 11) is 0. The smallest absolute Gasteiger partial charge is 0.191 e. The van der Waals surface area contributed by atoms with Gasteiger partial charge in [0.25, 0.3) is 0 Å². The molecule has 4 rings (SSSR count). The fourth-order valence-corrected chi connectivity index (χ4v) is 3.72. The fourth-order valence-electron chi connectivity index (χ4n) is 3.48. The first-order chi connectivity index (χ1) is 12.1. The van der Waals surface area contributed by atoms with E-state index in [-0.39, 0.29) is 11.6 Å². The number of piperazine rings is 1. The first kappa shape index (κ1) is 16.2. The number of ketones is 1. The molecule has 0 radical (unpaired) electrons. The predicted octanol–water partition coefficient (Wildman–Crippen LogP) is 3.92. The van der Waals surface area contributed by atoms with Crippen molar-refractivity contribution < 1.29 is 9.18 Å². The van der Waals surface area contributed by atoms with Gasteiger partial charge < -0.3 is 9.80 Å². The predicted molar refractivity (Wildman–Crippen MR) is 97.8 cm³/mol. The van der Waals surface area contributed by atoms with E-state index >= 15 is 0 Å². The maximum absolute atomic E-state index is 13.0. The molecule has 0 saturated carbocycles. The zero-order valence-electron chi connectivity index (χ0n) is 13.7. The standard InChI is InChI=1S/C20H18ClFN2O/c21-19-3-1-2-17-18(19)12-14(20(17)25)13-23-8-10-24(11-9-23)16-6-4-15(22)5-7-16/h1-7,13H,8-12H2. The highest BCUT2D eigenvalue weighted by Crippen LogP contribution is 2.32. The van der Waals surface area contributed by atoms with Gasteiger partial charge in [-0.1, -0.05) is 23.7 Å². The number of halogens is 2. The lowest BCUT2D eigenvalue weighted by Gasteiger charge is -2.35. The molecule has 1 heterocycles. The highest BCUT2D eigenvalue weighted by molar-refractivity contribution is 6.32. The summed E-state index contributed by atoms with van der Waals surface area (Å²) in [5, 5.41) is 0.662. The third-order valence-corrected chi connectivity index (χ3v) is 5.22. The summed E-state index contributed by atoms with van der Waals surface area (Å²) in [6.45, 7) is 3.35. The Bertz CT molecular complexity index is 839. The number of carbonyl (C=O) groups is 1. The average molecular weight is 357 g/mol. The van der Waals surface area contributed by atoms with E-state index in [9.17, 15) is 9.18 Å². The third-order valence-electron chi connectivity index (χ3n) is 4.87. The van der Waals surface area contributed by atoms with Crippen molar-refractivity contribution in [2.75, 3.05) is 31.1 Å². The molecule has 0 spiro atoms. The summed E-state index contributed by atoms with van der Waals surface area (Å²) < 4.78 is 13.0. The van der Waals surface area contributed by atoms with E-state index in [2.05, 4.69) is 9.80 Å². The molecule has 0 unspecified atom stereocenters. The van der Waals surface area contributed by atoms with Crippen LogP contribution in [0.4, 0.5) is 10.1 Å².